The molecule has 0 aromatic carbocycles. The van der Waals surface area contributed by atoms with Gasteiger partial charge in [-0.25, -0.2) is 4.98 Å². The summed E-state index contributed by atoms with van der Waals surface area (Å²) in [6, 6.07) is 0.349. The fourth-order valence-electron chi connectivity index (χ4n) is 4.17. The Morgan fingerprint density at radius 1 is 1.23 bits per heavy atom. The Kier molecular flexibility index (Phi) is 3.90. The molecule has 0 radical (unpaired) electrons. The molecule has 0 unspecified atom stereocenters. The van der Waals surface area contributed by atoms with Crippen molar-refractivity contribution in [2.24, 2.45) is 11.8 Å². The van der Waals surface area contributed by atoms with Crippen LogP contribution in [0.1, 0.15) is 67.2 Å². The number of nitrogens with zero attached hydrogens (tertiary/aromatic N) is 1. The van der Waals surface area contributed by atoms with Gasteiger partial charge in [0.25, 0.3) is 5.91 Å². The maximum atomic E-state index is 12.3. The molecule has 5 heteroatoms. The zero-order chi connectivity index (χ0) is 14.9. The zero-order valence-corrected chi connectivity index (χ0v) is 13.0. The van der Waals surface area contributed by atoms with Crippen molar-refractivity contribution in [3.05, 3.63) is 17.8 Å². The lowest BCUT2D eigenvalue weighted by Crippen LogP contribution is -2.32. The summed E-state index contributed by atoms with van der Waals surface area (Å²) in [5, 5.41) is 6.54. The molecule has 2 atom stereocenters. The number of hydrogen-bond acceptors (Lipinski definition) is 4. The first-order valence-corrected chi connectivity index (χ1v) is 8.78. The molecule has 0 bridgehead atoms. The van der Waals surface area contributed by atoms with Gasteiger partial charge in [0, 0.05) is 12.0 Å². The number of hydrogen-bond donors (Lipinski definition) is 2. The highest BCUT2D eigenvalue weighted by Crippen LogP contribution is 2.41. The van der Waals surface area contributed by atoms with E-state index in [0.717, 1.165) is 44.2 Å². The number of aromatic nitrogens is 1. The molecule has 1 aromatic rings. The number of oxazole rings is 1. The lowest BCUT2D eigenvalue weighted by atomic mass is 9.93. The summed E-state index contributed by atoms with van der Waals surface area (Å²) in [4.78, 5) is 16.7. The minimum absolute atomic E-state index is 0.0607. The van der Waals surface area contributed by atoms with Crippen LogP contribution < -0.4 is 10.6 Å². The third-order valence-electron chi connectivity index (χ3n) is 5.60. The lowest BCUT2D eigenvalue weighted by Gasteiger charge is -2.22. The summed E-state index contributed by atoms with van der Waals surface area (Å²) >= 11 is 0. The predicted octanol–water partition coefficient (Wildman–Crippen LogP) is 2.45. The predicted molar refractivity (Wildman–Crippen MR) is 82.7 cm³/mol. The highest BCUT2D eigenvalue weighted by atomic mass is 16.3. The van der Waals surface area contributed by atoms with Crippen LogP contribution in [0.25, 0.3) is 0 Å². The SMILES string of the molecule is O=C(N[C@@H]1C[C@H]1C1CCNCC1)c1coc(C2CCCC2)n1. The van der Waals surface area contributed by atoms with Crippen molar-refractivity contribution in [3.8, 4) is 0 Å². The molecule has 2 N–H and O–H groups in total. The molecule has 1 aromatic heterocycles. The first-order valence-electron chi connectivity index (χ1n) is 8.78. The molecule has 4 rings (SSSR count). The molecule has 1 amide bonds. The molecule has 3 aliphatic rings. The Labute approximate surface area is 131 Å². The average Bonchev–Trinajstić information content (AvgIpc) is 2.99. The molecule has 5 nitrogen and oxygen atoms in total. The second-order valence-corrected chi connectivity index (χ2v) is 7.12. The molecule has 22 heavy (non-hydrogen) atoms. The van der Waals surface area contributed by atoms with Gasteiger partial charge in [0.05, 0.1) is 0 Å². The topological polar surface area (TPSA) is 67.2 Å². The van der Waals surface area contributed by atoms with Gasteiger partial charge in [-0.05, 0) is 57.0 Å². The van der Waals surface area contributed by atoms with Crippen molar-refractivity contribution in [2.45, 2.75) is 56.9 Å². The second kappa shape index (κ2) is 6.03. The van der Waals surface area contributed by atoms with Crippen LogP contribution in [0.5, 0.6) is 0 Å². The highest BCUT2D eigenvalue weighted by Gasteiger charge is 2.44. The summed E-state index contributed by atoms with van der Waals surface area (Å²) in [5.41, 5.74) is 0.456. The van der Waals surface area contributed by atoms with Crippen molar-refractivity contribution in [1.82, 2.24) is 15.6 Å². The van der Waals surface area contributed by atoms with Crippen LogP contribution in [0, 0.1) is 11.8 Å². The highest BCUT2D eigenvalue weighted by molar-refractivity contribution is 5.92. The van der Waals surface area contributed by atoms with Crippen molar-refractivity contribution in [3.63, 3.8) is 0 Å². The number of carbonyl (C=O) groups is 1. The van der Waals surface area contributed by atoms with Gasteiger partial charge in [-0.15, -0.1) is 0 Å². The van der Waals surface area contributed by atoms with Gasteiger partial charge in [0.1, 0.15) is 6.26 Å². The van der Waals surface area contributed by atoms with Crippen molar-refractivity contribution in [2.75, 3.05) is 13.1 Å². The summed E-state index contributed by atoms with van der Waals surface area (Å²) in [6.07, 6.45) is 9.92. The van der Waals surface area contributed by atoms with E-state index in [2.05, 4.69) is 15.6 Å². The van der Waals surface area contributed by atoms with Crippen LogP contribution in [-0.2, 0) is 0 Å². The molecule has 0 spiro atoms. The molecule has 2 heterocycles. The molecule has 2 aliphatic carbocycles. The van der Waals surface area contributed by atoms with Crippen LogP contribution in [0.15, 0.2) is 10.7 Å². The van der Waals surface area contributed by atoms with E-state index >= 15 is 0 Å². The summed E-state index contributed by atoms with van der Waals surface area (Å²) in [7, 11) is 0. The smallest absolute Gasteiger partial charge is 0.273 e. The van der Waals surface area contributed by atoms with Crippen LogP contribution in [0.2, 0.25) is 0 Å². The van der Waals surface area contributed by atoms with E-state index < -0.39 is 0 Å². The van der Waals surface area contributed by atoms with E-state index in [9.17, 15) is 4.79 Å². The number of piperidine rings is 1. The summed E-state index contributed by atoms with van der Waals surface area (Å²) in [5.74, 6) is 2.57. The van der Waals surface area contributed by atoms with Gasteiger partial charge in [0.2, 0.25) is 0 Å². The maximum Gasteiger partial charge on any atom is 0.273 e. The Bertz CT molecular complexity index is 530. The Hall–Kier alpha value is -1.36. The molecule has 1 saturated heterocycles. The average molecular weight is 303 g/mol. The fraction of sp³-hybridized carbons (Fsp3) is 0.765. The maximum absolute atomic E-state index is 12.3. The van der Waals surface area contributed by atoms with Gasteiger partial charge in [0.15, 0.2) is 11.6 Å². The molecule has 2 saturated carbocycles. The monoisotopic (exact) mass is 303 g/mol. The molecular formula is C17H25N3O2. The number of rotatable bonds is 4. The minimum Gasteiger partial charge on any atom is -0.448 e. The largest absolute Gasteiger partial charge is 0.448 e. The van der Waals surface area contributed by atoms with Gasteiger partial charge < -0.3 is 15.1 Å². The van der Waals surface area contributed by atoms with Crippen LogP contribution in [-0.4, -0.2) is 30.0 Å². The minimum atomic E-state index is -0.0607. The summed E-state index contributed by atoms with van der Waals surface area (Å²) in [6.45, 7) is 2.24. The normalized spacial score (nSPS) is 29.6. The van der Waals surface area contributed by atoms with Gasteiger partial charge in [-0.1, -0.05) is 12.8 Å². The van der Waals surface area contributed by atoms with E-state index in [-0.39, 0.29) is 5.91 Å². The van der Waals surface area contributed by atoms with E-state index in [1.165, 1.54) is 31.9 Å². The fourth-order valence-corrected chi connectivity index (χ4v) is 4.17. The van der Waals surface area contributed by atoms with E-state index in [0.29, 0.717) is 23.6 Å². The van der Waals surface area contributed by atoms with Crippen molar-refractivity contribution < 1.29 is 9.21 Å². The van der Waals surface area contributed by atoms with Gasteiger partial charge in [-0.3, -0.25) is 4.79 Å². The number of nitrogens with one attached hydrogen (secondary N) is 2. The molecule has 3 fully saturated rings. The van der Waals surface area contributed by atoms with Gasteiger partial charge in [-0.2, -0.15) is 0 Å². The standard InChI is InChI=1S/C17H25N3O2/c21-16(15-10-22-17(20-15)12-3-1-2-4-12)19-14-9-13(14)11-5-7-18-8-6-11/h10-14,18H,1-9H2,(H,19,21)/t13-,14+/m0/s1. The Morgan fingerprint density at radius 2 is 2.00 bits per heavy atom. The molecule has 1 aliphatic heterocycles. The first kappa shape index (κ1) is 14.2. The first-order chi connectivity index (χ1) is 10.8. The van der Waals surface area contributed by atoms with Crippen LogP contribution in [0.4, 0.5) is 0 Å². The van der Waals surface area contributed by atoms with E-state index in [4.69, 9.17) is 4.42 Å². The third-order valence-corrected chi connectivity index (χ3v) is 5.60. The quantitative estimate of drug-likeness (QED) is 0.896. The molecular weight excluding hydrogens is 278 g/mol. The Morgan fingerprint density at radius 3 is 2.77 bits per heavy atom. The van der Waals surface area contributed by atoms with Gasteiger partial charge >= 0.3 is 0 Å². The molecule has 120 valence electrons. The lowest BCUT2D eigenvalue weighted by molar-refractivity contribution is 0.0942. The summed E-state index contributed by atoms with van der Waals surface area (Å²) < 4.78 is 5.53. The van der Waals surface area contributed by atoms with E-state index in [1.807, 2.05) is 0 Å². The zero-order valence-electron chi connectivity index (χ0n) is 13.0. The third kappa shape index (κ3) is 2.91. The van der Waals surface area contributed by atoms with Crippen LogP contribution >= 0.6 is 0 Å². The van der Waals surface area contributed by atoms with Crippen molar-refractivity contribution in [1.29, 1.82) is 0 Å². The number of amides is 1. The Balaban J connectivity index is 1.31. The number of carbonyl (C=O) groups excluding carboxylic acids is 1. The van der Waals surface area contributed by atoms with Crippen molar-refractivity contribution >= 4 is 5.91 Å². The van der Waals surface area contributed by atoms with Crippen LogP contribution in [0.3, 0.4) is 0 Å². The second-order valence-electron chi connectivity index (χ2n) is 7.12. The van der Waals surface area contributed by atoms with E-state index in [1.54, 1.807) is 0 Å².